The first-order valence-corrected chi connectivity index (χ1v) is 8.71. The maximum absolute atomic E-state index is 11.9. The highest BCUT2D eigenvalue weighted by atomic mass is 16.5. The van der Waals surface area contributed by atoms with Gasteiger partial charge < -0.3 is 25.1 Å². The molecule has 8 nitrogen and oxygen atoms in total. The lowest BCUT2D eigenvalue weighted by Gasteiger charge is -2.18. The fourth-order valence-electron chi connectivity index (χ4n) is 2.15. The third kappa shape index (κ3) is 12.8. The summed E-state index contributed by atoms with van der Waals surface area (Å²) in [4.78, 5) is 41.0. The molecule has 3 atom stereocenters. The molecule has 0 saturated heterocycles. The van der Waals surface area contributed by atoms with Gasteiger partial charge in [-0.25, -0.2) is 13.1 Å². The second kappa shape index (κ2) is 13.7. The normalized spacial score (nSPS) is 13.4. The molecule has 0 spiro atoms. The average Bonchev–Trinajstić information content (AvgIpc) is 2.58. The fourth-order valence-corrected chi connectivity index (χ4v) is 2.15. The van der Waals surface area contributed by atoms with Crippen molar-refractivity contribution in [3.63, 3.8) is 0 Å². The van der Waals surface area contributed by atoms with Crippen molar-refractivity contribution in [2.45, 2.75) is 71.0 Å². The zero-order valence-corrected chi connectivity index (χ0v) is 15.7. The maximum atomic E-state index is 11.9. The minimum Gasteiger partial charge on any atom is -0.464 e. The summed E-state index contributed by atoms with van der Waals surface area (Å²) in [6.45, 7) is 19.0. The van der Waals surface area contributed by atoms with Gasteiger partial charge >= 0.3 is 5.97 Å². The second-order valence-electron chi connectivity index (χ2n) is 6.28. The first-order valence-electron chi connectivity index (χ1n) is 8.71. The topological polar surface area (TPSA) is 93.2 Å². The van der Waals surface area contributed by atoms with Crippen molar-refractivity contribution in [2.75, 3.05) is 13.2 Å². The summed E-state index contributed by atoms with van der Waals surface area (Å²) in [6.07, 6.45) is 2.33. The van der Waals surface area contributed by atoms with Gasteiger partial charge in [-0.05, 0) is 19.3 Å². The van der Waals surface area contributed by atoms with Crippen LogP contribution in [0, 0.1) is 13.1 Å². The molecule has 0 aromatic carbocycles. The van der Waals surface area contributed by atoms with Crippen LogP contribution in [-0.2, 0) is 19.1 Å². The molecule has 0 heterocycles. The molecule has 26 heavy (non-hydrogen) atoms. The molecule has 0 aromatic heterocycles. The summed E-state index contributed by atoms with van der Waals surface area (Å²) in [7, 11) is 0. The molecule has 0 radical (unpaired) electrons. The zero-order chi connectivity index (χ0) is 19.9. The van der Waals surface area contributed by atoms with Crippen LogP contribution in [0.3, 0.4) is 0 Å². The molecule has 0 bridgehead atoms. The van der Waals surface area contributed by atoms with Crippen molar-refractivity contribution in [3.05, 3.63) is 22.8 Å². The predicted octanol–water partition coefficient (Wildman–Crippen LogP) is 1.72. The molecule has 0 aliphatic rings. The van der Waals surface area contributed by atoms with E-state index in [4.69, 9.17) is 17.9 Å². The van der Waals surface area contributed by atoms with E-state index in [1.165, 1.54) is 6.92 Å². The third-order valence-electron chi connectivity index (χ3n) is 3.56. The van der Waals surface area contributed by atoms with Gasteiger partial charge in [0, 0.05) is 27.3 Å². The van der Waals surface area contributed by atoms with Crippen LogP contribution in [0.4, 0.5) is 0 Å². The van der Waals surface area contributed by atoms with Gasteiger partial charge in [0.15, 0.2) is 0 Å². The van der Waals surface area contributed by atoms with E-state index >= 15 is 0 Å². The summed E-state index contributed by atoms with van der Waals surface area (Å²) in [6, 6.07) is -1.03. The van der Waals surface area contributed by atoms with Gasteiger partial charge in [-0.15, -0.1) is 0 Å². The number of unbranched alkanes of at least 4 members (excludes halogenated alkanes) is 1. The first-order chi connectivity index (χ1) is 12.3. The number of carbonyl (C=O) groups excluding carboxylic acids is 3. The van der Waals surface area contributed by atoms with Crippen molar-refractivity contribution in [3.8, 4) is 0 Å². The molecule has 0 unspecified atom stereocenters. The molecular formula is C18H28N4O4. The van der Waals surface area contributed by atoms with Crippen molar-refractivity contribution < 1.29 is 19.1 Å². The average molecular weight is 364 g/mol. The molecule has 0 saturated carbocycles. The SMILES string of the molecule is [C-]#[N+][C@H](C)CC(=O)NCCCC[C@@H](COC(C)=O)NC(=O)C[C@@H](C)[N+]#[C-]. The summed E-state index contributed by atoms with van der Waals surface area (Å²) >= 11 is 0. The number of rotatable bonds is 12. The van der Waals surface area contributed by atoms with E-state index in [0.29, 0.717) is 19.4 Å². The third-order valence-corrected chi connectivity index (χ3v) is 3.56. The van der Waals surface area contributed by atoms with Gasteiger partial charge in [0.05, 0.1) is 6.04 Å². The predicted molar refractivity (Wildman–Crippen MR) is 96.8 cm³/mol. The molecule has 0 aromatic rings. The number of nitrogens with zero attached hydrogens (tertiary/aromatic N) is 2. The Labute approximate surface area is 155 Å². The minimum atomic E-state index is -0.417. The number of amides is 2. The fraction of sp³-hybridized carbons (Fsp3) is 0.722. The van der Waals surface area contributed by atoms with Crippen molar-refractivity contribution >= 4 is 17.8 Å². The summed E-state index contributed by atoms with van der Waals surface area (Å²) in [5, 5.41) is 5.55. The molecule has 2 amide bonds. The van der Waals surface area contributed by atoms with Crippen molar-refractivity contribution in [2.24, 2.45) is 0 Å². The van der Waals surface area contributed by atoms with Crippen molar-refractivity contribution in [1.82, 2.24) is 10.6 Å². The summed E-state index contributed by atoms with van der Waals surface area (Å²) in [5.41, 5.74) is 0. The van der Waals surface area contributed by atoms with E-state index in [1.807, 2.05) is 0 Å². The van der Waals surface area contributed by atoms with Crippen LogP contribution in [0.15, 0.2) is 0 Å². The Morgan fingerprint density at radius 1 is 1.00 bits per heavy atom. The van der Waals surface area contributed by atoms with Gasteiger partial charge in [0.25, 0.3) is 0 Å². The van der Waals surface area contributed by atoms with Crippen LogP contribution in [0.2, 0.25) is 0 Å². The number of ether oxygens (including phenoxy) is 1. The van der Waals surface area contributed by atoms with Gasteiger partial charge in [-0.1, -0.05) is 0 Å². The van der Waals surface area contributed by atoms with Gasteiger partial charge in [0.1, 0.15) is 19.4 Å². The largest absolute Gasteiger partial charge is 0.464 e. The second-order valence-corrected chi connectivity index (χ2v) is 6.28. The van der Waals surface area contributed by atoms with E-state index in [0.717, 1.165) is 6.42 Å². The summed E-state index contributed by atoms with van der Waals surface area (Å²) in [5.74, 6) is -0.807. The van der Waals surface area contributed by atoms with Crippen LogP contribution in [0.25, 0.3) is 9.69 Å². The number of nitrogens with one attached hydrogen (secondary N) is 2. The Morgan fingerprint density at radius 3 is 2.12 bits per heavy atom. The Bertz CT molecular complexity index is 550. The lowest BCUT2D eigenvalue weighted by Crippen LogP contribution is -2.39. The van der Waals surface area contributed by atoms with Crippen LogP contribution in [0.5, 0.6) is 0 Å². The molecule has 144 valence electrons. The molecule has 0 fully saturated rings. The Hall–Kier alpha value is -2.61. The molecular weight excluding hydrogens is 336 g/mol. The molecule has 2 N–H and O–H groups in total. The highest BCUT2D eigenvalue weighted by Gasteiger charge is 2.18. The Balaban J connectivity index is 4.20. The van der Waals surface area contributed by atoms with Gasteiger partial charge in [-0.3, -0.25) is 14.4 Å². The standard InChI is InChI=1S/C18H28N4O4/c1-13(19-4)10-17(24)21-9-7-6-8-16(12-26-15(3)23)22-18(25)11-14(2)20-5/h13-14,16H,6-12H2,1-3H3,(H,21,24)(H,22,25)/t13-,14-,16+/m1/s1. The van der Waals surface area contributed by atoms with E-state index in [-0.39, 0.29) is 43.3 Å². The van der Waals surface area contributed by atoms with Gasteiger partial charge in [0.2, 0.25) is 23.9 Å². The van der Waals surface area contributed by atoms with Crippen LogP contribution >= 0.6 is 0 Å². The van der Waals surface area contributed by atoms with E-state index in [9.17, 15) is 14.4 Å². The smallest absolute Gasteiger partial charge is 0.302 e. The van der Waals surface area contributed by atoms with E-state index in [2.05, 4.69) is 20.3 Å². The minimum absolute atomic E-state index is 0.0857. The zero-order valence-electron chi connectivity index (χ0n) is 15.7. The summed E-state index contributed by atoms with van der Waals surface area (Å²) < 4.78 is 4.98. The Kier molecular flexibility index (Phi) is 12.3. The molecule has 0 rings (SSSR count). The molecule has 0 aliphatic carbocycles. The first kappa shape index (κ1) is 23.4. The van der Waals surface area contributed by atoms with Crippen LogP contribution < -0.4 is 10.6 Å². The van der Waals surface area contributed by atoms with Gasteiger partial charge in [-0.2, -0.15) is 0 Å². The molecule has 8 heteroatoms. The van der Waals surface area contributed by atoms with Crippen LogP contribution in [-0.4, -0.2) is 49.1 Å². The monoisotopic (exact) mass is 364 g/mol. The lowest BCUT2D eigenvalue weighted by molar-refractivity contribution is -0.142. The lowest BCUT2D eigenvalue weighted by atomic mass is 10.1. The Morgan fingerprint density at radius 2 is 1.58 bits per heavy atom. The number of carbonyl (C=O) groups is 3. The number of hydrogen-bond acceptors (Lipinski definition) is 4. The van der Waals surface area contributed by atoms with Crippen LogP contribution in [0.1, 0.15) is 52.9 Å². The number of esters is 1. The maximum Gasteiger partial charge on any atom is 0.302 e. The number of hydrogen-bond donors (Lipinski definition) is 2. The van der Waals surface area contributed by atoms with E-state index in [1.54, 1.807) is 13.8 Å². The van der Waals surface area contributed by atoms with Crippen molar-refractivity contribution in [1.29, 1.82) is 0 Å². The highest BCUT2D eigenvalue weighted by Crippen LogP contribution is 2.04. The van der Waals surface area contributed by atoms with E-state index < -0.39 is 12.0 Å². The quantitative estimate of drug-likeness (QED) is 0.313. The molecule has 0 aliphatic heterocycles. The highest BCUT2D eigenvalue weighted by molar-refractivity contribution is 5.77.